The molecule has 4 bridgehead atoms. The molecule has 5 aliphatic carbocycles. The maximum Gasteiger partial charge on any atom is 0.143 e. The summed E-state index contributed by atoms with van der Waals surface area (Å²) in [7, 11) is 0. The van der Waals surface area contributed by atoms with Gasteiger partial charge in [0.2, 0.25) is 0 Å². The van der Waals surface area contributed by atoms with Gasteiger partial charge in [-0.2, -0.15) is 0 Å². The van der Waals surface area contributed by atoms with Crippen LogP contribution in [0.5, 0.6) is 0 Å². The van der Waals surface area contributed by atoms with Crippen molar-refractivity contribution in [1.82, 2.24) is 0 Å². The van der Waals surface area contributed by atoms with Crippen molar-refractivity contribution in [3.8, 4) is 44.5 Å². The van der Waals surface area contributed by atoms with E-state index in [-0.39, 0.29) is 5.41 Å². The van der Waals surface area contributed by atoms with E-state index in [0.717, 1.165) is 68.1 Å². The van der Waals surface area contributed by atoms with E-state index in [1.54, 1.807) is 11.1 Å². The highest BCUT2D eigenvalue weighted by Gasteiger charge is 2.61. The number of hydrogen-bond donors (Lipinski definition) is 0. The molecular weight excluding hydrogens is 727 g/mol. The summed E-state index contributed by atoms with van der Waals surface area (Å²) in [5, 5.41) is 2.30. The van der Waals surface area contributed by atoms with Crippen LogP contribution in [0.4, 0.5) is 17.1 Å². The van der Waals surface area contributed by atoms with Crippen LogP contribution >= 0.6 is 0 Å². The Labute approximate surface area is 351 Å². The Morgan fingerprint density at radius 1 is 0.400 bits per heavy atom. The zero-order chi connectivity index (χ0) is 39.4. The Morgan fingerprint density at radius 2 is 1.00 bits per heavy atom. The van der Waals surface area contributed by atoms with Crippen LogP contribution < -0.4 is 4.90 Å². The van der Waals surface area contributed by atoms with Crippen molar-refractivity contribution in [1.29, 1.82) is 0 Å². The summed E-state index contributed by atoms with van der Waals surface area (Å²) in [6, 6.07) is 69.7. The Morgan fingerprint density at radius 3 is 1.78 bits per heavy atom. The van der Waals surface area contributed by atoms with E-state index in [4.69, 9.17) is 4.42 Å². The number of furan rings is 1. The molecule has 60 heavy (non-hydrogen) atoms. The van der Waals surface area contributed by atoms with E-state index in [9.17, 15) is 0 Å². The number of rotatable bonds is 6. The fraction of sp³-hybridized carbons (Fsp3) is 0.172. The molecule has 14 rings (SSSR count). The minimum absolute atomic E-state index is 0.133. The van der Waals surface area contributed by atoms with Crippen molar-refractivity contribution in [2.24, 2.45) is 23.7 Å². The van der Waals surface area contributed by atoms with Gasteiger partial charge >= 0.3 is 0 Å². The second-order valence-corrected chi connectivity index (χ2v) is 18.1. The summed E-state index contributed by atoms with van der Waals surface area (Å²) in [6.45, 7) is 0. The van der Waals surface area contributed by atoms with Gasteiger partial charge < -0.3 is 9.32 Å². The number of nitrogens with zero attached hydrogens (tertiary/aromatic N) is 1. The summed E-state index contributed by atoms with van der Waals surface area (Å²) < 4.78 is 6.51. The highest BCUT2D eigenvalue weighted by Crippen LogP contribution is 2.69. The van der Waals surface area contributed by atoms with Gasteiger partial charge in [0.1, 0.15) is 11.2 Å². The molecule has 288 valence electrons. The second kappa shape index (κ2) is 13.2. The maximum atomic E-state index is 6.51. The lowest BCUT2D eigenvalue weighted by molar-refractivity contribution is -0.0399. The molecule has 0 unspecified atom stereocenters. The van der Waals surface area contributed by atoms with Crippen LogP contribution in [0.25, 0.3) is 66.4 Å². The van der Waals surface area contributed by atoms with E-state index < -0.39 is 0 Å². The molecule has 2 heteroatoms. The van der Waals surface area contributed by atoms with Gasteiger partial charge in [-0.15, -0.1) is 0 Å². The van der Waals surface area contributed by atoms with Gasteiger partial charge in [-0.05, 0) is 143 Å². The van der Waals surface area contributed by atoms with Gasteiger partial charge in [0.25, 0.3) is 0 Å². The summed E-state index contributed by atoms with van der Waals surface area (Å²) in [4.78, 5) is 2.51. The van der Waals surface area contributed by atoms with Crippen LogP contribution in [0.3, 0.4) is 0 Å². The minimum atomic E-state index is 0.133. The fourth-order valence-corrected chi connectivity index (χ4v) is 12.9. The normalized spacial score (nSPS) is 22.1. The van der Waals surface area contributed by atoms with Crippen LogP contribution in [-0.4, -0.2) is 0 Å². The molecule has 4 fully saturated rings. The van der Waals surface area contributed by atoms with E-state index in [2.05, 4.69) is 187 Å². The zero-order valence-electron chi connectivity index (χ0n) is 33.6. The lowest BCUT2D eigenvalue weighted by atomic mass is 9.43. The predicted octanol–water partition coefficient (Wildman–Crippen LogP) is 15.8. The first kappa shape index (κ1) is 34.2. The molecule has 0 radical (unpaired) electrons. The average molecular weight is 772 g/mol. The first-order valence-corrected chi connectivity index (χ1v) is 22.0. The molecule has 2 nitrogen and oxygen atoms in total. The van der Waals surface area contributed by atoms with Gasteiger partial charge in [-0.3, -0.25) is 0 Å². The molecule has 0 N–H and O–H groups in total. The lowest BCUT2D eigenvalue weighted by Gasteiger charge is -2.61. The third kappa shape index (κ3) is 5.00. The molecule has 1 aromatic heterocycles. The van der Waals surface area contributed by atoms with Crippen LogP contribution in [0.15, 0.2) is 192 Å². The third-order valence-corrected chi connectivity index (χ3v) is 15.1. The molecule has 1 spiro atoms. The topological polar surface area (TPSA) is 16.4 Å². The quantitative estimate of drug-likeness (QED) is 0.167. The first-order chi connectivity index (χ1) is 29.7. The van der Waals surface area contributed by atoms with Gasteiger partial charge in [0.15, 0.2) is 0 Å². The molecule has 4 saturated carbocycles. The predicted molar refractivity (Wildman–Crippen MR) is 248 cm³/mol. The molecule has 0 atom stereocenters. The van der Waals surface area contributed by atoms with Crippen molar-refractivity contribution in [3.05, 3.63) is 199 Å². The van der Waals surface area contributed by atoms with Crippen LogP contribution in [0, 0.1) is 23.7 Å². The van der Waals surface area contributed by atoms with E-state index in [0.29, 0.717) is 0 Å². The van der Waals surface area contributed by atoms with E-state index in [1.807, 2.05) is 6.07 Å². The summed E-state index contributed by atoms with van der Waals surface area (Å²) >= 11 is 0. The highest BCUT2D eigenvalue weighted by molar-refractivity contribution is 6.09. The SMILES string of the molecule is c1ccc(-c2ccc(N(c3ccc(-c4cccc5c4oc4ccccc45)cc3)c3ccc4c(c3)-c3ccccc3C43C4CC5CC(C4)CC3C5)c(-c3ccccc3)c2)cc1. The Bertz CT molecular complexity index is 3070. The monoisotopic (exact) mass is 771 g/mol. The van der Waals surface area contributed by atoms with Crippen LogP contribution in [-0.2, 0) is 5.41 Å². The number of benzene rings is 8. The standard InChI is InChI=1S/C58H45NO/c1-3-12-39(13-4-1)42-24-29-55(51(35-42)40-14-5-2-6-15-40)59(45-25-22-41(23-26-45)47-18-11-19-50-49-17-8-10-21-56(49)60-57(47)50)46-27-28-54-52(36-46)48-16-7-9-20-53(48)58(54)43-31-37-30-38(33-43)34-44(58)32-37/h1-29,35-38,43-44H,30-34H2. The molecule has 8 aromatic carbocycles. The largest absolute Gasteiger partial charge is 0.455 e. The van der Waals surface area contributed by atoms with E-state index >= 15 is 0 Å². The number of hydrogen-bond acceptors (Lipinski definition) is 2. The summed E-state index contributed by atoms with van der Waals surface area (Å²) in [6.07, 6.45) is 7.01. The van der Waals surface area contributed by atoms with Gasteiger partial charge in [0.05, 0.1) is 5.69 Å². The minimum Gasteiger partial charge on any atom is -0.455 e. The lowest BCUT2D eigenvalue weighted by Crippen LogP contribution is -2.55. The Hall–Kier alpha value is -6.64. The molecule has 0 saturated heterocycles. The summed E-state index contributed by atoms with van der Waals surface area (Å²) in [5.41, 5.74) is 18.6. The number of para-hydroxylation sites is 2. The van der Waals surface area contributed by atoms with Crippen molar-refractivity contribution >= 4 is 39.0 Å². The third-order valence-electron chi connectivity index (χ3n) is 15.1. The van der Waals surface area contributed by atoms with Gasteiger partial charge in [0, 0.05) is 38.7 Å². The first-order valence-electron chi connectivity index (χ1n) is 22.0. The molecule has 0 aliphatic heterocycles. The highest BCUT2D eigenvalue weighted by atomic mass is 16.3. The number of anilines is 3. The van der Waals surface area contributed by atoms with Crippen molar-refractivity contribution < 1.29 is 4.42 Å². The van der Waals surface area contributed by atoms with Crippen molar-refractivity contribution in [2.75, 3.05) is 4.90 Å². The Balaban J connectivity index is 1.01. The second-order valence-electron chi connectivity index (χ2n) is 18.1. The molecule has 1 heterocycles. The molecule has 5 aliphatic rings. The fourth-order valence-electron chi connectivity index (χ4n) is 12.9. The van der Waals surface area contributed by atoms with Crippen LogP contribution in [0.1, 0.15) is 43.2 Å². The Kier molecular flexibility index (Phi) is 7.52. The smallest absolute Gasteiger partial charge is 0.143 e. The summed E-state index contributed by atoms with van der Waals surface area (Å²) in [5.74, 6) is 3.30. The average Bonchev–Trinajstić information content (AvgIpc) is 3.83. The zero-order valence-corrected chi connectivity index (χ0v) is 33.6. The molecule has 0 amide bonds. The van der Waals surface area contributed by atoms with E-state index in [1.165, 1.54) is 71.2 Å². The molecular formula is C58H45NO. The number of fused-ring (bicyclic) bond motifs is 6. The van der Waals surface area contributed by atoms with Gasteiger partial charge in [-0.1, -0.05) is 146 Å². The van der Waals surface area contributed by atoms with Crippen molar-refractivity contribution in [3.63, 3.8) is 0 Å². The molecule has 9 aromatic rings. The maximum absolute atomic E-state index is 6.51. The van der Waals surface area contributed by atoms with Crippen molar-refractivity contribution in [2.45, 2.75) is 37.5 Å². The van der Waals surface area contributed by atoms with Crippen LogP contribution in [0.2, 0.25) is 0 Å². The van der Waals surface area contributed by atoms with Gasteiger partial charge in [-0.25, -0.2) is 0 Å².